The molecule has 1 aromatic rings. The van der Waals surface area contributed by atoms with E-state index in [-0.39, 0.29) is 0 Å². The van der Waals surface area contributed by atoms with Gasteiger partial charge in [0, 0.05) is 5.92 Å². The molecule has 0 radical (unpaired) electrons. The van der Waals surface area contributed by atoms with Crippen molar-refractivity contribution >= 4 is 11.8 Å². The summed E-state index contributed by atoms with van der Waals surface area (Å²) in [6.45, 7) is 1.92. The SMILES string of the molecule is CCCC(C(=O)C(=O)[O-])c1ccccc1. The standard InChI is InChI=1S/C12H14O3/c1-2-6-10(11(13)12(14)15)9-7-4-3-5-8-9/h3-5,7-8,10H,2,6H2,1H3,(H,14,15)/p-1. The Bertz CT molecular complexity index is 343. The van der Waals surface area contributed by atoms with Crippen LogP contribution in [0.25, 0.3) is 0 Å². The first kappa shape index (κ1) is 11.4. The lowest BCUT2D eigenvalue weighted by Crippen LogP contribution is -2.35. The molecule has 1 unspecified atom stereocenters. The molecular weight excluding hydrogens is 192 g/mol. The highest BCUT2D eigenvalue weighted by molar-refractivity contribution is 6.33. The van der Waals surface area contributed by atoms with Crippen molar-refractivity contribution in [1.82, 2.24) is 0 Å². The summed E-state index contributed by atoms with van der Waals surface area (Å²) < 4.78 is 0. The number of carboxylic acid groups (broad SMARTS) is 1. The number of aliphatic carboxylic acids is 1. The molecular formula is C12H13O3-. The van der Waals surface area contributed by atoms with Gasteiger partial charge in [0.1, 0.15) is 5.97 Å². The molecule has 0 aliphatic carbocycles. The lowest BCUT2D eigenvalue weighted by Gasteiger charge is -2.15. The van der Waals surface area contributed by atoms with Gasteiger partial charge in [0.2, 0.25) is 0 Å². The van der Waals surface area contributed by atoms with Crippen LogP contribution in [-0.2, 0) is 9.59 Å². The largest absolute Gasteiger partial charge is 0.542 e. The highest BCUT2D eigenvalue weighted by Crippen LogP contribution is 2.21. The Morgan fingerprint density at radius 1 is 1.27 bits per heavy atom. The summed E-state index contributed by atoms with van der Waals surface area (Å²) in [7, 11) is 0. The fourth-order valence-electron chi connectivity index (χ4n) is 1.57. The lowest BCUT2D eigenvalue weighted by atomic mass is 9.90. The predicted octanol–water partition coefficient (Wildman–Crippen LogP) is 0.889. The summed E-state index contributed by atoms with van der Waals surface area (Å²) in [5.41, 5.74) is 0.744. The monoisotopic (exact) mass is 205 g/mol. The van der Waals surface area contributed by atoms with Crippen LogP contribution in [0.1, 0.15) is 31.2 Å². The van der Waals surface area contributed by atoms with Crippen LogP contribution in [0, 0.1) is 0 Å². The summed E-state index contributed by atoms with van der Waals surface area (Å²) in [4.78, 5) is 21.9. The van der Waals surface area contributed by atoms with Crippen molar-refractivity contribution in [1.29, 1.82) is 0 Å². The van der Waals surface area contributed by atoms with Crippen molar-refractivity contribution < 1.29 is 14.7 Å². The van der Waals surface area contributed by atoms with Gasteiger partial charge in [0.15, 0.2) is 5.78 Å². The van der Waals surface area contributed by atoms with Crippen molar-refractivity contribution in [2.45, 2.75) is 25.7 Å². The highest BCUT2D eigenvalue weighted by Gasteiger charge is 2.19. The van der Waals surface area contributed by atoms with Crippen molar-refractivity contribution in [2.75, 3.05) is 0 Å². The highest BCUT2D eigenvalue weighted by atomic mass is 16.4. The number of carboxylic acids is 1. The van der Waals surface area contributed by atoms with Crippen LogP contribution in [0.4, 0.5) is 0 Å². The summed E-state index contributed by atoms with van der Waals surface area (Å²) in [6.07, 6.45) is 1.30. The molecule has 0 saturated heterocycles. The zero-order valence-corrected chi connectivity index (χ0v) is 8.60. The van der Waals surface area contributed by atoms with Gasteiger partial charge < -0.3 is 9.90 Å². The molecule has 0 bridgehead atoms. The number of hydrogen-bond acceptors (Lipinski definition) is 3. The molecule has 1 aromatic carbocycles. The fourth-order valence-corrected chi connectivity index (χ4v) is 1.57. The normalized spacial score (nSPS) is 12.1. The van der Waals surface area contributed by atoms with E-state index in [9.17, 15) is 14.7 Å². The molecule has 80 valence electrons. The molecule has 0 aliphatic rings. The third-order valence-corrected chi connectivity index (χ3v) is 2.30. The number of Topliss-reactive ketones (excluding diaryl/α,β-unsaturated/α-hetero) is 1. The van der Waals surface area contributed by atoms with Crippen LogP contribution in [0.5, 0.6) is 0 Å². The first-order valence-electron chi connectivity index (χ1n) is 4.97. The molecule has 0 amide bonds. The second-order valence-corrected chi connectivity index (χ2v) is 3.40. The molecule has 3 nitrogen and oxygen atoms in total. The molecule has 0 N–H and O–H groups in total. The van der Waals surface area contributed by atoms with Crippen LogP contribution in [0.3, 0.4) is 0 Å². The number of ketones is 1. The Morgan fingerprint density at radius 3 is 2.33 bits per heavy atom. The molecule has 0 aromatic heterocycles. The zero-order valence-electron chi connectivity index (χ0n) is 8.60. The summed E-state index contributed by atoms with van der Waals surface area (Å²) in [5, 5.41) is 10.5. The molecule has 0 fully saturated rings. The first-order chi connectivity index (χ1) is 7.16. The Balaban J connectivity index is 2.93. The minimum absolute atomic E-state index is 0.539. The van der Waals surface area contributed by atoms with E-state index >= 15 is 0 Å². The number of rotatable bonds is 5. The number of carbonyl (C=O) groups is 2. The van der Waals surface area contributed by atoms with Gasteiger partial charge in [-0.2, -0.15) is 0 Å². The molecule has 0 saturated carbocycles. The van der Waals surface area contributed by atoms with Crippen LogP contribution in [-0.4, -0.2) is 11.8 Å². The Kier molecular flexibility index (Phi) is 4.03. The van der Waals surface area contributed by atoms with E-state index in [4.69, 9.17) is 0 Å². The maximum atomic E-state index is 11.4. The predicted molar refractivity (Wildman–Crippen MR) is 54.1 cm³/mol. The van der Waals surface area contributed by atoms with Gasteiger partial charge in [-0.1, -0.05) is 43.7 Å². The van der Waals surface area contributed by atoms with E-state index < -0.39 is 17.7 Å². The van der Waals surface area contributed by atoms with E-state index in [1.807, 2.05) is 13.0 Å². The molecule has 1 atom stereocenters. The van der Waals surface area contributed by atoms with Gasteiger partial charge in [-0.15, -0.1) is 0 Å². The average molecular weight is 205 g/mol. The molecule has 0 heterocycles. The number of hydrogen-bond donors (Lipinski definition) is 0. The van der Waals surface area contributed by atoms with E-state index in [1.54, 1.807) is 24.3 Å². The fraction of sp³-hybridized carbons (Fsp3) is 0.333. The molecule has 0 spiro atoms. The van der Waals surface area contributed by atoms with Gasteiger partial charge in [0.25, 0.3) is 0 Å². The Labute approximate surface area is 88.7 Å². The van der Waals surface area contributed by atoms with E-state index in [0.29, 0.717) is 6.42 Å². The number of benzene rings is 1. The summed E-state index contributed by atoms with van der Waals surface area (Å²) in [5.74, 6) is -3.00. The van der Waals surface area contributed by atoms with Crippen molar-refractivity contribution in [3.63, 3.8) is 0 Å². The van der Waals surface area contributed by atoms with Gasteiger partial charge >= 0.3 is 0 Å². The average Bonchev–Trinajstić information content (AvgIpc) is 2.26. The topological polar surface area (TPSA) is 57.2 Å². The van der Waals surface area contributed by atoms with Gasteiger partial charge in [-0.25, -0.2) is 0 Å². The van der Waals surface area contributed by atoms with E-state index in [2.05, 4.69) is 0 Å². The van der Waals surface area contributed by atoms with Gasteiger partial charge in [-0.3, -0.25) is 4.79 Å². The van der Waals surface area contributed by atoms with Crippen molar-refractivity contribution in [2.24, 2.45) is 0 Å². The third kappa shape index (κ3) is 2.91. The van der Waals surface area contributed by atoms with Crippen molar-refractivity contribution in [3.8, 4) is 0 Å². The van der Waals surface area contributed by atoms with Crippen LogP contribution >= 0.6 is 0 Å². The minimum Gasteiger partial charge on any atom is -0.542 e. The molecule has 0 aliphatic heterocycles. The summed E-state index contributed by atoms with van der Waals surface area (Å²) in [6, 6.07) is 8.94. The summed E-state index contributed by atoms with van der Waals surface area (Å²) >= 11 is 0. The number of carbonyl (C=O) groups excluding carboxylic acids is 2. The minimum atomic E-state index is -1.60. The maximum absolute atomic E-state index is 11.4. The second-order valence-electron chi connectivity index (χ2n) is 3.40. The quantitative estimate of drug-likeness (QED) is 0.671. The lowest BCUT2D eigenvalue weighted by molar-refractivity contribution is -0.300. The van der Waals surface area contributed by atoms with Gasteiger partial charge in [0.05, 0.1) is 0 Å². The van der Waals surface area contributed by atoms with Crippen LogP contribution in [0.2, 0.25) is 0 Å². The van der Waals surface area contributed by atoms with Crippen LogP contribution < -0.4 is 5.11 Å². The van der Waals surface area contributed by atoms with E-state index in [0.717, 1.165) is 12.0 Å². The van der Waals surface area contributed by atoms with Gasteiger partial charge in [-0.05, 0) is 12.0 Å². The zero-order chi connectivity index (χ0) is 11.3. The van der Waals surface area contributed by atoms with Crippen molar-refractivity contribution in [3.05, 3.63) is 35.9 Å². The second kappa shape index (κ2) is 5.29. The Hall–Kier alpha value is -1.64. The molecule has 15 heavy (non-hydrogen) atoms. The van der Waals surface area contributed by atoms with E-state index in [1.165, 1.54) is 0 Å². The van der Waals surface area contributed by atoms with Crippen LogP contribution in [0.15, 0.2) is 30.3 Å². The smallest absolute Gasteiger partial charge is 0.185 e. The first-order valence-corrected chi connectivity index (χ1v) is 4.97. The third-order valence-electron chi connectivity index (χ3n) is 2.30. The molecule has 1 rings (SSSR count). The maximum Gasteiger partial charge on any atom is 0.185 e. The molecule has 3 heteroatoms. The Morgan fingerprint density at radius 2 is 1.87 bits per heavy atom.